The van der Waals surface area contributed by atoms with Gasteiger partial charge in [-0.25, -0.2) is 22.4 Å². The molecule has 1 aliphatic rings. The SMILES string of the molecule is CC(C)(C)OC(=O)N1Cc2cc(S(=O)(=O)Nc3ccc(F)cc3)ccc2C[C@H]1C(=O)O. The van der Waals surface area contributed by atoms with E-state index in [4.69, 9.17) is 4.74 Å². The fraction of sp³-hybridized carbons (Fsp3) is 0.333. The summed E-state index contributed by atoms with van der Waals surface area (Å²) in [6, 6.07) is 8.05. The highest BCUT2D eigenvalue weighted by molar-refractivity contribution is 7.92. The fourth-order valence-electron chi connectivity index (χ4n) is 3.19. The average Bonchev–Trinajstić information content (AvgIpc) is 2.66. The monoisotopic (exact) mass is 450 g/mol. The van der Waals surface area contributed by atoms with Crippen molar-refractivity contribution >= 4 is 27.8 Å². The molecule has 3 rings (SSSR count). The lowest BCUT2D eigenvalue weighted by Crippen LogP contribution is -2.50. The smallest absolute Gasteiger partial charge is 0.411 e. The van der Waals surface area contributed by atoms with E-state index in [0.717, 1.165) is 17.0 Å². The molecule has 166 valence electrons. The van der Waals surface area contributed by atoms with Crippen LogP contribution in [0.1, 0.15) is 31.9 Å². The first-order chi connectivity index (χ1) is 14.4. The number of amides is 1. The van der Waals surface area contributed by atoms with Gasteiger partial charge in [-0.2, -0.15) is 0 Å². The zero-order valence-electron chi connectivity index (χ0n) is 17.3. The number of benzene rings is 2. The number of halogens is 1. The average molecular weight is 450 g/mol. The van der Waals surface area contributed by atoms with Crippen LogP contribution >= 0.6 is 0 Å². The zero-order chi connectivity index (χ0) is 23.0. The topological polar surface area (TPSA) is 113 Å². The second kappa shape index (κ2) is 8.18. The first-order valence-corrected chi connectivity index (χ1v) is 11.0. The quantitative estimate of drug-likeness (QED) is 0.739. The maximum Gasteiger partial charge on any atom is 0.411 e. The molecule has 0 radical (unpaired) electrons. The van der Waals surface area contributed by atoms with Crippen LogP contribution in [0, 0.1) is 5.82 Å². The van der Waals surface area contributed by atoms with E-state index in [-0.39, 0.29) is 23.5 Å². The van der Waals surface area contributed by atoms with Gasteiger partial charge >= 0.3 is 12.1 Å². The van der Waals surface area contributed by atoms with Gasteiger partial charge in [0, 0.05) is 12.1 Å². The Kier molecular flexibility index (Phi) is 5.95. The molecule has 0 saturated heterocycles. The van der Waals surface area contributed by atoms with Crippen LogP contribution in [0.25, 0.3) is 0 Å². The molecule has 1 aliphatic heterocycles. The minimum atomic E-state index is -3.98. The van der Waals surface area contributed by atoms with Crippen LogP contribution in [0.15, 0.2) is 47.4 Å². The molecule has 0 spiro atoms. The maximum atomic E-state index is 13.1. The number of carbonyl (C=O) groups is 2. The van der Waals surface area contributed by atoms with Crippen molar-refractivity contribution in [2.45, 2.75) is 50.3 Å². The van der Waals surface area contributed by atoms with Gasteiger partial charge in [0.15, 0.2) is 0 Å². The Balaban J connectivity index is 1.90. The first kappa shape index (κ1) is 22.5. The van der Waals surface area contributed by atoms with Crippen molar-refractivity contribution in [1.82, 2.24) is 4.90 Å². The summed E-state index contributed by atoms with van der Waals surface area (Å²) in [5, 5.41) is 9.57. The van der Waals surface area contributed by atoms with Crippen molar-refractivity contribution in [3.8, 4) is 0 Å². The van der Waals surface area contributed by atoms with Crippen LogP contribution in [0.5, 0.6) is 0 Å². The minimum Gasteiger partial charge on any atom is -0.480 e. The summed E-state index contributed by atoms with van der Waals surface area (Å²) < 4.78 is 46.2. The van der Waals surface area contributed by atoms with Crippen molar-refractivity contribution in [3.05, 3.63) is 59.4 Å². The van der Waals surface area contributed by atoms with E-state index in [1.165, 1.54) is 30.3 Å². The molecule has 10 heteroatoms. The molecule has 8 nitrogen and oxygen atoms in total. The lowest BCUT2D eigenvalue weighted by molar-refractivity contribution is -0.143. The third-order valence-corrected chi connectivity index (χ3v) is 6.01. The second-order valence-corrected chi connectivity index (χ2v) is 9.89. The Morgan fingerprint density at radius 1 is 1.13 bits per heavy atom. The van der Waals surface area contributed by atoms with Gasteiger partial charge in [-0.05, 0) is 68.3 Å². The van der Waals surface area contributed by atoms with E-state index in [1.807, 2.05) is 0 Å². The summed E-state index contributed by atoms with van der Waals surface area (Å²) in [5.74, 6) is -1.67. The molecule has 0 bridgehead atoms. The van der Waals surface area contributed by atoms with Crippen LogP contribution in [0.4, 0.5) is 14.9 Å². The highest BCUT2D eigenvalue weighted by atomic mass is 32.2. The van der Waals surface area contributed by atoms with Crippen molar-refractivity contribution in [3.63, 3.8) is 0 Å². The molecule has 2 N–H and O–H groups in total. The van der Waals surface area contributed by atoms with Crippen molar-refractivity contribution in [2.24, 2.45) is 0 Å². The summed E-state index contributed by atoms with van der Waals surface area (Å²) in [6.45, 7) is 4.90. The molecule has 2 aromatic rings. The van der Waals surface area contributed by atoms with Gasteiger partial charge < -0.3 is 9.84 Å². The summed E-state index contributed by atoms with van der Waals surface area (Å²) in [6.07, 6.45) is -0.765. The lowest BCUT2D eigenvalue weighted by atomic mass is 9.94. The van der Waals surface area contributed by atoms with E-state index in [9.17, 15) is 27.5 Å². The molecule has 1 amide bonds. The number of sulfonamides is 1. The predicted octanol–water partition coefficient (Wildman–Crippen LogP) is 3.37. The number of nitrogens with one attached hydrogen (secondary N) is 1. The largest absolute Gasteiger partial charge is 0.480 e. The van der Waals surface area contributed by atoms with E-state index in [0.29, 0.717) is 11.1 Å². The van der Waals surface area contributed by atoms with E-state index >= 15 is 0 Å². The number of carboxylic acid groups (broad SMARTS) is 1. The van der Waals surface area contributed by atoms with Gasteiger partial charge in [0.1, 0.15) is 17.5 Å². The number of rotatable bonds is 4. The number of carbonyl (C=O) groups excluding carboxylic acids is 1. The molecule has 0 aromatic heterocycles. The van der Waals surface area contributed by atoms with Crippen LogP contribution in [-0.4, -0.2) is 42.1 Å². The lowest BCUT2D eigenvalue weighted by Gasteiger charge is -2.35. The molecule has 0 unspecified atom stereocenters. The molecule has 0 saturated carbocycles. The Hall–Kier alpha value is -3.14. The zero-order valence-corrected chi connectivity index (χ0v) is 18.1. The number of carboxylic acids is 1. The molecular formula is C21H23FN2O6S. The summed E-state index contributed by atoms with van der Waals surface area (Å²) in [4.78, 5) is 25.3. The number of nitrogens with zero attached hydrogens (tertiary/aromatic N) is 1. The molecule has 0 fully saturated rings. The first-order valence-electron chi connectivity index (χ1n) is 9.48. The molecule has 1 heterocycles. The Morgan fingerprint density at radius 3 is 2.35 bits per heavy atom. The number of hydrogen-bond acceptors (Lipinski definition) is 5. The van der Waals surface area contributed by atoms with Crippen molar-refractivity contribution < 1.29 is 32.2 Å². The van der Waals surface area contributed by atoms with Gasteiger partial charge in [-0.15, -0.1) is 0 Å². The Morgan fingerprint density at radius 2 is 1.77 bits per heavy atom. The standard InChI is InChI=1S/C21H23FN2O6S/c1-21(2,3)30-20(27)24-12-14-10-17(9-4-13(14)11-18(24)19(25)26)31(28,29)23-16-7-5-15(22)6-8-16/h4-10,18,23H,11-12H2,1-3H3,(H,25,26)/t18-/m0/s1. The number of hydrogen-bond donors (Lipinski definition) is 2. The highest BCUT2D eigenvalue weighted by Gasteiger charge is 2.37. The van der Waals surface area contributed by atoms with Gasteiger partial charge in [-0.1, -0.05) is 6.07 Å². The Labute approximate surface area is 179 Å². The molecule has 2 aromatic carbocycles. The van der Waals surface area contributed by atoms with Crippen LogP contribution < -0.4 is 4.72 Å². The second-order valence-electron chi connectivity index (χ2n) is 8.21. The summed E-state index contributed by atoms with van der Waals surface area (Å²) >= 11 is 0. The molecule has 31 heavy (non-hydrogen) atoms. The van der Waals surface area contributed by atoms with Gasteiger partial charge in [0.25, 0.3) is 10.0 Å². The summed E-state index contributed by atoms with van der Waals surface area (Å²) in [7, 11) is -3.98. The van der Waals surface area contributed by atoms with Crippen molar-refractivity contribution in [2.75, 3.05) is 4.72 Å². The van der Waals surface area contributed by atoms with Gasteiger partial charge in [0.2, 0.25) is 0 Å². The fourth-order valence-corrected chi connectivity index (χ4v) is 4.30. The van der Waals surface area contributed by atoms with Crippen LogP contribution in [-0.2, 0) is 32.5 Å². The molecule has 1 atom stereocenters. The maximum absolute atomic E-state index is 13.1. The highest BCUT2D eigenvalue weighted by Crippen LogP contribution is 2.28. The van der Waals surface area contributed by atoms with Crippen LogP contribution in [0.3, 0.4) is 0 Å². The number of ether oxygens (including phenoxy) is 1. The molecule has 0 aliphatic carbocycles. The normalized spacial score (nSPS) is 16.4. The predicted molar refractivity (Wildman–Crippen MR) is 111 cm³/mol. The molecular weight excluding hydrogens is 427 g/mol. The third kappa shape index (κ3) is 5.32. The minimum absolute atomic E-state index is 0.0234. The van der Waals surface area contributed by atoms with Crippen molar-refractivity contribution in [1.29, 1.82) is 0 Å². The van der Waals surface area contributed by atoms with E-state index < -0.39 is 39.5 Å². The van der Waals surface area contributed by atoms with E-state index in [2.05, 4.69) is 4.72 Å². The number of anilines is 1. The van der Waals surface area contributed by atoms with E-state index in [1.54, 1.807) is 20.8 Å². The Bertz CT molecular complexity index is 1110. The third-order valence-electron chi connectivity index (χ3n) is 4.63. The van der Waals surface area contributed by atoms with Gasteiger partial charge in [0.05, 0.1) is 11.4 Å². The number of fused-ring (bicyclic) bond motifs is 1. The van der Waals surface area contributed by atoms with Crippen LogP contribution in [0.2, 0.25) is 0 Å². The van der Waals surface area contributed by atoms with Gasteiger partial charge in [-0.3, -0.25) is 9.62 Å². The number of aliphatic carboxylic acids is 1. The summed E-state index contributed by atoms with van der Waals surface area (Å²) in [5.41, 5.74) is 0.517.